The molecule has 1 amide bonds. The Kier molecular flexibility index (Phi) is 7.94. The van der Waals surface area contributed by atoms with Gasteiger partial charge in [0.05, 0.1) is 44.1 Å². The maximum Gasteiger partial charge on any atom is 0.338 e. The van der Waals surface area contributed by atoms with Crippen molar-refractivity contribution in [2.45, 2.75) is 39.3 Å². The van der Waals surface area contributed by atoms with Crippen molar-refractivity contribution in [3.05, 3.63) is 46.1 Å². The van der Waals surface area contributed by atoms with Crippen LogP contribution in [0, 0.1) is 0 Å². The average Bonchev–Trinajstić information content (AvgIpc) is 3.24. The number of aliphatic imine (C=N–C) groups is 1. The first-order valence-electron chi connectivity index (χ1n) is 12.1. The molecule has 1 atom stereocenters. The van der Waals surface area contributed by atoms with Gasteiger partial charge in [-0.2, -0.15) is 0 Å². The second-order valence-electron chi connectivity index (χ2n) is 9.32. The lowest BCUT2D eigenvalue weighted by molar-refractivity contribution is -0.143. The van der Waals surface area contributed by atoms with Crippen LogP contribution < -0.4 is 9.47 Å². The standard InChI is InChI=1S/C26H34N4O5S/c1-16(2)35-25(32)23-17(3)27-26-30(24(23)18-7-8-20(33-5)21(13-18)34-6)19(15-36-26)14-22(31)29-11-9-28(4)10-12-29/h7-8,13,15-16,24H,9-12,14H2,1-6H3/t24-/m1/s1. The van der Waals surface area contributed by atoms with E-state index in [1.165, 1.54) is 11.8 Å². The molecule has 0 bridgehead atoms. The number of fused-ring (bicyclic) bond motifs is 1. The zero-order valence-corrected chi connectivity index (χ0v) is 22.6. The van der Waals surface area contributed by atoms with Crippen LogP contribution in [0.2, 0.25) is 0 Å². The number of hydrogen-bond donors (Lipinski definition) is 0. The highest BCUT2D eigenvalue weighted by molar-refractivity contribution is 8.16. The third-order valence-electron chi connectivity index (χ3n) is 6.47. The maximum atomic E-state index is 13.3. The normalized spacial score (nSPS) is 20.2. The number of rotatable bonds is 7. The number of benzene rings is 1. The fourth-order valence-corrected chi connectivity index (χ4v) is 5.53. The van der Waals surface area contributed by atoms with E-state index in [9.17, 15) is 9.59 Å². The molecule has 1 aromatic carbocycles. The van der Waals surface area contributed by atoms with Crippen LogP contribution in [0.4, 0.5) is 0 Å². The molecule has 4 rings (SSSR count). The topological polar surface area (TPSA) is 83.9 Å². The number of piperazine rings is 1. The second-order valence-corrected chi connectivity index (χ2v) is 10.2. The van der Waals surface area contributed by atoms with Crippen molar-refractivity contribution < 1.29 is 23.8 Å². The molecule has 1 fully saturated rings. The largest absolute Gasteiger partial charge is 0.493 e. The van der Waals surface area contributed by atoms with Crippen LogP contribution in [-0.2, 0) is 14.3 Å². The quantitative estimate of drug-likeness (QED) is 0.512. The first-order chi connectivity index (χ1) is 17.2. The lowest BCUT2D eigenvalue weighted by atomic mass is 9.93. The number of thioether (sulfide) groups is 1. The van der Waals surface area contributed by atoms with E-state index in [2.05, 4.69) is 11.9 Å². The Morgan fingerprint density at radius 3 is 2.44 bits per heavy atom. The van der Waals surface area contributed by atoms with E-state index < -0.39 is 12.0 Å². The lowest BCUT2D eigenvalue weighted by Gasteiger charge is -2.37. The fraction of sp³-hybridized carbons (Fsp3) is 0.500. The summed E-state index contributed by atoms with van der Waals surface area (Å²) in [7, 11) is 5.23. The molecule has 3 heterocycles. The minimum atomic E-state index is -0.523. The van der Waals surface area contributed by atoms with Gasteiger partial charge in [0, 0.05) is 31.9 Å². The Hall–Kier alpha value is -2.98. The van der Waals surface area contributed by atoms with Crippen LogP contribution in [-0.4, -0.2) is 85.3 Å². The number of allylic oxidation sites excluding steroid dienone is 1. The van der Waals surface area contributed by atoms with Gasteiger partial charge in [-0.1, -0.05) is 17.8 Å². The zero-order valence-electron chi connectivity index (χ0n) is 21.7. The Balaban J connectivity index is 1.71. The summed E-state index contributed by atoms with van der Waals surface area (Å²) in [6.45, 7) is 8.60. The highest BCUT2D eigenvalue weighted by Gasteiger charge is 2.42. The van der Waals surface area contributed by atoms with Gasteiger partial charge >= 0.3 is 5.97 Å². The van der Waals surface area contributed by atoms with Crippen molar-refractivity contribution in [1.29, 1.82) is 0 Å². The molecule has 3 aliphatic rings. The number of carbonyl (C=O) groups is 2. The van der Waals surface area contributed by atoms with E-state index in [0.29, 0.717) is 35.9 Å². The highest BCUT2D eigenvalue weighted by atomic mass is 32.2. The number of ether oxygens (including phenoxy) is 3. The van der Waals surface area contributed by atoms with E-state index >= 15 is 0 Å². The van der Waals surface area contributed by atoms with Gasteiger partial charge in [0.1, 0.15) is 0 Å². The molecule has 1 saturated heterocycles. The molecule has 36 heavy (non-hydrogen) atoms. The number of methoxy groups -OCH3 is 2. The van der Waals surface area contributed by atoms with E-state index in [1.807, 2.05) is 54.2 Å². The van der Waals surface area contributed by atoms with Crippen molar-refractivity contribution in [3.63, 3.8) is 0 Å². The van der Waals surface area contributed by atoms with Crippen LogP contribution in [0.5, 0.6) is 11.5 Å². The maximum absolute atomic E-state index is 13.3. The van der Waals surface area contributed by atoms with Crippen molar-refractivity contribution in [1.82, 2.24) is 14.7 Å². The van der Waals surface area contributed by atoms with Crippen molar-refractivity contribution in [2.75, 3.05) is 47.4 Å². The minimum Gasteiger partial charge on any atom is -0.493 e. The summed E-state index contributed by atoms with van der Waals surface area (Å²) in [5, 5.41) is 2.69. The van der Waals surface area contributed by atoms with E-state index in [4.69, 9.17) is 19.2 Å². The summed E-state index contributed by atoms with van der Waals surface area (Å²) in [4.78, 5) is 37.4. The zero-order chi connectivity index (χ0) is 26.0. The Labute approximate surface area is 216 Å². The number of carbonyl (C=O) groups excluding carboxylic acids is 2. The molecule has 0 radical (unpaired) electrons. The molecule has 0 N–H and O–H groups in total. The number of hydrogen-bond acceptors (Lipinski definition) is 9. The molecule has 3 aliphatic heterocycles. The molecule has 10 heteroatoms. The van der Waals surface area contributed by atoms with Crippen LogP contribution in [0.1, 0.15) is 38.8 Å². The first kappa shape index (κ1) is 26.1. The number of amidine groups is 1. The molecule has 194 valence electrons. The Morgan fingerprint density at radius 2 is 1.81 bits per heavy atom. The number of likely N-dealkylation sites (N-methyl/N-ethyl adjacent to an activating group) is 1. The summed E-state index contributed by atoms with van der Waals surface area (Å²) in [5.74, 6) is 0.792. The second kappa shape index (κ2) is 11.0. The molecule has 0 saturated carbocycles. The van der Waals surface area contributed by atoms with Gasteiger partial charge < -0.3 is 28.9 Å². The number of amides is 1. The molecule has 0 aliphatic carbocycles. The van der Waals surface area contributed by atoms with E-state index in [1.54, 1.807) is 14.2 Å². The van der Waals surface area contributed by atoms with Gasteiger partial charge in [-0.3, -0.25) is 4.79 Å². The Bertz CT molecular complexity index is 1120. The van der Waals surface area contributed by atoms with Crippen LogP contribution in [0.15, 0.2) is 45.6 Å². The smallest absolute Gasteiger partial charge is 0.338 e. The third kappa shape index (κ3) is 5.24. The molecule has 0 unspecified atom stereocenters. The monoisotopic (exact) mass is 514 g/mol. The number of esters is 1. The van der Waals surface area contributed by atoms with Crippen LogP contribution in [0.25, 0.3) is 0 Å². The molecule has 9 nitrogen and oxygen atoms in total. The average molecular weight is 515 g/mol. The third-order valence-corrected chi connectivity index (χ3v) is 7.36. The van der Waals surface area contributed by atoms with E-state index in [-0.39, 0.29) is 18.4 Å². The summed E-state index contributed by atoms with van der Waals surface area (Å²) in [6, 6.07) is 5.08. The fourth-order valence-electron chi connectivity index (χ4n) is 4.57. The minimum absolute atomic E-state index is 0.0693. The molecular formula is C26H34N4O5S. The van der Waals surface area contributed by atoms with Gasteiger partial charge in [0.2, 0.25) is 5.91 Å². The van der Waals surface area contributed by atoms with Crippen molar-refractivity contribution >= 4 is 28.8 Å². The van der Waals surface area contributed by atoms with Gasteiger partial charge in [-0.15, -0.1) is 0 Å². The van der Waals surface area contributed by atoms with Crippen LogP contribution >= 0.6 is 11.8 Å². The summed E-state index contributed by atoms with van der Waals surface area (Å²) in [5.41, 5.74) is 2.67. The summed E-state index contributed by atoms with van der Waals surface area (Å²) in [6.07, 6.45) is -0.0542. The Morgan fingerprint density at radius 1 is 1.11 bits per heavy atom. The highest BCUT2D eigenvalue weighted by Crippen LogP contribution is 2.46. The summed E-state index contributed by atoms with van der Waals surface area (Å²) < 4.78 is 16.6. The molecule has 0 aromatic heterocycles. The summed E-state index contributed by atoms with van der Waals surface area (Å²) >= 11 is 1.46. The van der Waals surface area contributed by atoms with Crippen LogP contribution in [0.3, 0.4) is 0 Å². The SMILES string of the molecule is COc1ccc([C@@H]2C(C(=O)OC(C)C)=C(C)N=C3SC=C(CC(=O)N4CCN(C)CC4)N32)cc1OC. The van der Waals surface area contributed by atoms with Gasteiger partial charge in [0.15, 0.2) is 16.7 Å². The van der Waals surface area contributed by atoms with Gasteiger partial charge in [-0.25, -0.2) is 9.79 Å². The van der Waals surface area contributed by atoms with Gasteiger partial charge in [0.25, 0.3) is 0 Å². The lowest BCUT2D eigenvalue weighted by Crippen LogP contribution is -2.47. The molecule has 1 aromatic rings. The van der Waals surface area contributed by atoms with Crippen molar-refractivity contribution in [2.24, 2.45) is 4.99 Å². The predicted octanol–water partition coefficient (Wildman–Crippen LogP) is 3.39. The van der Waals surface area contributed by atoms with E-state index in [0.717, 1.165) is 29.5 Å². The first-order valence-corrected chi connectivity index (χ1v) is 12.9. The number of nitrogens with zero attached hydrogens (tertiary/aromatic N) is 4. The molecular weight excluding hydrogens is 480 g/mol. The molecule has 0 spiro atoms. The van der Waals surface area contributed by atoms with Crippen molar-refractivity contribution in [3.8, 4) is 11.5 Å². The van der Waals surface area contributed by atoms with Gasteiger partial charge in [-0.05, 0) is 50.9 Å². The predicted molar refractivity (Wildman–Crippen MR) is 140 cm³/mol.